The number of nitrogens with one attached hydrogen (secondary N) is 2. The van der Waals surface area contributed by atoms with Crippen molar-refractivity contribution in [2.75, 3.05) is 13.1 Å². The van der Waals surface area contributed by atoms with Crippen molar-refractivity contribution in [1.29, 1.82) is 0 Å². The standard InChI is InChI=1S/C27H34N6O4/c1-17(2)33-24-6-4-3-5-23(24)26(31-33)37-27(36)30-19-13-20-7-8-21(14-19)32(20)16-22(34)15-29-25(35)18-9-11-28-12-10-18/h3-6,9-12,17,19-22,34H,7-8,13-16H2,1-2H3,(H,29,35)(H,30,36)/t19-,20-,21+,22?. The van der Waals surface area contributed by atoms with Crippen molar-refractivity contribution in [2.45, 2.75) is 69.8 Å². The van der Waals surface area contributed by atoms with E-state index >= 15 is 0 Å². The lowest BCUT2D eigenvalue weighted by Crippen LogP contribution is -2.53. The predicted molar refractivity (Wildman–Crippen MR) is 138 cm³/mol. The van der Waals surface area contributed by atoms with E-state index < -0.39 is 12.2 Å². The van der Waals surface area contributed by atoms with E-state index in [-0.39, 0.29) is 36.6 Å². The smallest absolute Gasteiger partial charge is 0.390 e. The largest absolute Gasteiger partial charge is 0.414 e. The highest BCUT2D eigenvalue weighted by molar-refractivity contribution is 5.94. The molecule has 3 N–H and O–H groups in total. The predicted octanol–water partition coefficient (Wildman–Crippen LogP) is 2.89. The van der Waals surface area contributed by atoms with Crippen LogP contribution in [0.5, 0.6) is 5.88 Å². The lowest BCUT2D eigenvalue weighted by atomic mass is 9.97. The van der Waals surface area contributed by atoms with Gasteiger partial charge in [0.15, 0.2) is 0 Å². The second kappa shape index (κ2) is 10.9. The average molecular weight is 507 g/mol. The molecule has 4 atom stereocenters. The van der Waals surface area contributed by atoms with Crippen LogP contribution in [0, 0.1) is 0 Å². The topological polar surface area (TPSA) is 122 Å². The molecule has 37 heavy (non-hydrogen) atoms. The number of aliphatic hydroxyl groups is 1. The number of aromatic nitrogens is 3. The molecule has 2 aromatic heterocycles. The maximum absolute atomic E-state index is 12.8. The number of aliphatic hydroxyl groups excluding tert-OH is 1. The number of fused-ring (bicyclic) bond motifs is 3. The summed E-state index contributed by atoms with van der Waals surface area (Å²) in [6.07, 6.45) is 5.61. The zero-order valence-electron chi connectivity index (χ0n) is 21.2. The second-order valence-electron chi connectivity index (χ2n) is 10.2. The van der Waals surface area contributed by atoms with Crippen molar-refractivity contribution in [3.63, 3.8) is 0 Å². The molecule has 1 unspecified atom stereocenters. The van der Waals surface area contributed by atoms with Gasteiger partial charge >= 0.3 is 6.09 Å². The fourth-order valence-corrected chi connectivity index (χ4v) is 5.63. The first-order valence-electron chi connectivity index (χ1n) is 13.0. The number of piperidine rings is 1. The highest BCUT2D eigenvalue weighted by Gasteiger charge is 2.41. The van der Waals surface area contributed by atoms with Crippen LogP contribution in [0.15, 0.2) is 48.8 Å². The minimum atomic E-state index is -0.673. The van der Waals surface area contributed by atoms with Crippen molar-refractivity contribution in [1.82, 2.24) is 30.3 Å². The molecule has 2 bridgehead atoms. The zero-order valence-corrected chi connectivity index (χ0v) is 21.2. The molecule has 2 saturated heterocycles. The third-order valence-corrected chi connectivity index (χ3v) is 7.33. The van der Waals surface area contributed by atoms with Crippen LogP contribution in [0.1, 0.15) is 55.9 Å². The molecule has 10 nitrogen and oxygen atoms in total. The van der Waals surface area contributed by atoms with Crippen molar-refractivity contribution in [3.8, 4) is 5.88 Å². The molecule has 0 saturated carbocycles. The Morgan fingerprint density at radius 3 is 2.51 bits per heavy atom. The number of benzene rings is 1. The van der Waals surface area contributed by atoms with Gasteiger partial charge in [-0.2, -0.15) is 0 Å². The summed E-state index contributed by atoms with van der Waals surface area (Å²) in [6.45, 7) is 4.75. The van der Waals surface area contributed by atoms with Gasteiger partial charge in [0.1, 0.15) is 0 Å². The van der Waals surface area contributed by atoms with Crippen LogP contribution < -0.4 is 15.4 Å². The molecule has 0 spiro atoms. The summed E-state index contributed by atoms with van der Waals surface area (Å²) < 4.78 is 7.52. The minimum absolute atomic E-state index is 0.00299. The van der Waals surface area contributed by atoms with E-state index in [1.54, 1.807) is 24.5 Å². The molecule has 0 aliphatic carbocycles. The van der Waals surface area contributed by atoms with E-state index in [0.29, 0.717) is 18.0 Å². The Morgan fingerprint density at radius 2 is 1.81 bits per heavy atom. The van der Waals surface area contributed by atoms with Crippen LogP contribution >= 0.6 is 0 Å². The van der Waals surface area contributed by atoms with Crippen molar-refractivity contribution in [2.24, 2.45) is 0 Å². The van der Waals surface area contributed by atoms with E-state index in [1.165, 1.54) is 0 Å². The van der Waals surface area contributed by atoms with Crippen LogP contribution in [-0.4, -0.2) is 74.1 Å². The first kappa shape index (κ1) is 25.2. The minimum Gasteiger partial charge on any atom is -0.390 e. The van der Waals surface area contributed by atoms with Gasteiger partial charge in [0, 0.05) is 55.2 Å². The number of carbonyl (C=O) groups is 2. The molecule has 2 aliphatic heterocycles. The van der Waals surface area contributed by atoms with Crippen molar-refractivity contribution in [3.05, 3.63) is 54.4 Å². The average Bonchev–Trinajstić information content (AvgIpc) is 3.36. The van der Waals surface area contributed by atoms with Crippen molar-refractivity contribution >= 4 is 22.9 Å². The fourth-order valence-electron chi connectivity index (χ4n) is 5.63. The third kappa shape index (κ3) is 5.60. The summed E-state index contributed by atoms with van der Waals surface area (Å²) in [5.41, 5.74) is 1.45. The number of nitrogens with zero attached hydrogens (tertiary/aromatic N) is 4. The number of para-hydroxylation sites is 1. The summed E-state index contributed by atoms with van der Waals surface area (Å²) in [7, 11) is 0. The first-order chi connectivity index (χ1) is 17.9. The van der Waals surface area contributed by atoms with E-state index in [0.717, 1.165) is 36.6 Å². The highest BCUT2D eigenvalue weighted by Crippen LogP contribution is 2.36. The van der Waals surface area contributed by atoms with Gasteiger partial charge in [0.05, 0.1) is 17.0 Å². The molecule has 2 aliphatic rings. The van der Waals surface area contributed by atoms with Crippen molar-refractivity contribution < 1.29 is 19.4 Å². The van der Waals surface area contributed by atoms with E-state index in [1.807, 2.05) is 42.8 Å². The van der Waals surface area contributed by atoms with Crippen LogP contribution in [0.2, 0.25) is 0 Å². The maximum atomic E-state index is 12.8. The Balaban J connectivity index is 1.13. The Bertz CT molecular complexity index is 1230. The number of hydrogen-bond donors (Lipinski definition) is 3. The molecule has 4 heterocycles. The van der Waals surface area contributed by atoms with E-state index in [4.69, 9.17) is 4.74 Å². The van der Waals surface area contributed by atoms with Gasteiger partial charge in [0.25, 0.3) is 11.8 Å². The third-order valence-electron chi connectivity index (χ3n) is 7.33. The molecular formula is C27H34N6O4. The van der Waals surface area contributed by atoms with E-state index in [9.17, 15) is 14.7 Å². The molecule has 10 heteroatoms. The monoisotopic (exact) mass is 506 g/mol. The number of hydrogen-bond acceptors (Lipinski definition) is 7. The van der Waals surface area contributed by atoms with Crippen LogP contribution in [0.3, 0.4) is 0 Å². The van der Waals surface area contributed by atoms with Crippen LogP contribution in [0.25, 0.3) is 10.9 Å². The van der Waals surface area contributed by atoms with Gasteiger partial charge in [0.2, 0.25) is 0 Å². The molecule has 5 rings (SSSR count). The SMILES string of the molecule is CC(C)n1nc(OC(=O)N[C@@H]2C[C@H]3CC[C@@H](C2)N3CC(O)CNC(=O)c2ccncc2)c2ccccc21. The molecular weight excluding hydrogens is 472 g/mol. The maximum Gasteiger partial charge on any atom is 0.414 e. The second-order valence-corrected chi connectivity index (χ2v) is 10.2. The van der Waals surface area contributed by atoms with Crippen LogP contribution in [0.4, 0.5) is 4.79 Å². The number of amides is 2. The lowest BCUT2D eigenvalue weighted by Gasteiger charge is -2.39. The number of ether oxygens (including phenoxy) is 1. The Hall–Kier alpha value is -3.50. The summed E-state index contributed by atoms with van der Waals surface area (Å²) in [5.74, 6) is 0.0935. The quantitative estimate of drug-likeness (QED) is 0.429. The number of carbonyl (C=O) groups excluding carboxylic acids is 2. The molecule has 0 radical (unpaired) electrons. The van der Waals surface area contributed by atoms with Gasteiger partial charge in [-0.1, -0.05) is 12.1 Å². The molecule has 2 amide bonds. The highest BCUT2D eigenvalue weighted by atomic mass is 16.6. The van der Waals surface area contributed by atoms with Gasteiger partial charge < -0.3 is 20.5 Å². The van der Waals surface area contributed by atoms with Crippen LogP contribution in [-0.2, 0) is 0 Å². The summed E-state index contributed by atoms with van der Waals surface area (Å²) in [5, 5.41) is 21.8. The zero-order chi connectivity index (χ0) is 25.9. The van der Waals surface area contributed by atoms with E-state index in [2.05, 4.69) is 25.6 Å². The lowest BCUT2D eigenvalue weighted by molar-refractivity contribution is 0.0511. The Labute approximate surface area is 216 Å². The fraction of sp³-hybridized carbons (Fsp3) is 0.481. The Morgan fingerprint density at radius 1 is 1.11 bits per heavy atom. The molecule has 3 aromatic rings. The molecule has 196 valence electrons. The number of rotatable bonds is 8. The molecule has 2 fully saturated rings. The van der Waals surface area contributed by atoms with Gasteiger partial charge in [-0.25, -0.2) is 4.79 Å². The normalized spacial score (nSPS) is 22.2. The summed E-state index contributed by atoms with van der Waals surface area (Å²) in [4.78, 5) is 31.3. The van der Waals surface area contributed by atoms with Gasteiger partial charge in [-0.3, -0.25) is 19.4 Å². The Kier molecular flexibility index (Phi) is 7.38. The molecule has 1 aromatic carbocycles. The summed E-state index contributed by atoms with van der Waals surface area (Å²) >= 11 is 0. The van der Waals surface area contributed by atoms with Gasteiger partial charge in [-0.05, 0) is 63.8 Å². The first-order valence-corrected chi connectivity index (χ1v) is 13.0. The van der Waals surface area contributed by atoms with Gasteiger partial charge in [-0.15, -0.1) is 5.10 Å². The summed E-state index contributed by atoms with van der Waals surface area (Å²) in [6, 6.07) is 11.7. The number of pyridine rings is 1.